The van der Waals surface area contributed by atoms with Gasteiger partial charge in [-0.15, -0.1) is 0 Å². The Hall–Kier alpha value is -1.37. The van der Waals surface area contributed by atoms with Gasteiger partial charge in [-0.05, 0) is 48.8 Å². The lowest BCUT2D eigenvalue weighted by Crippen LogP contribution is -2.47. The van der Waals surface area contributed by atoms with Crippen molar-refractivity contribution in [1.29, 1.82) is 0 Å². The van der Waals surface area contributed by atoms with Crippen LogP contribution in [0.1, 0.15) is 46.5 Å². The second-order valence-electron chi connectivity index (χ2n) is 8.86. The first kappa shape index (κ1) is 19.9. The summed E-state index contributed by atoms with van der Waals surface area (Å²) >= 11 is 0. The first-order valence-electron chi connectivity index (χ1n) is 10.2. The summed E-state index contributed by atoms with van der Waals surface area (Å²) in [4.78, 5) is 0. The summed E-state index contributed by atoms with van der Waals surface area (Å²) < 4.78 is 43.9. The Balaban J connectivity index is 1.57. The van der Waals surface area contributed by atoms with Crippen LogP contribution in [0.2, 0.25) is 0 Å². The van der Waals surface area contributed by atoms with Crippen molar-refractivity contribution < 1.29 is 22.1 Å². The number of benzene rings is 1. The summed E-state index contributed by atoms with van der Waals surface area (Å²) in [6, 6.07) is 8.70. The van der Waals surface area contributed by atoms with Gasteiger partial charge in [0.05, 0.1) is 18.0 Å². The number of rotatable bonds is 7. The quantitative estimate of drug-likeness (QED) is 0.499. The van der Waals surface area contributed by atoms with Gasteiger partial charge in [0.1, 0.15) is 5.75 Å². The van der Waals surface area contributed by atoms with Crippen LogP contribution in [-0.4, -0.2) is 32.7 Å². The maximum atomic E-state index is 13.0. The number of hydrogen-bond acceptors (Lipinski definition) is 5. The fourth-order valence-electron chi connectivity index (χ4n) is 5.55. The molecule has 0 amide bonds. The maximum Gasteiger partial charge on any atom is 0.309 e. The van der Waals surface area contributed by atoms with Gasteiger partial charge in [-0.25, -0.2) is 0 Å². The van der Waals surface area contributed by atoms with Gasteiger partial charge in [0.15, 0.2) is 6.29 Å². The molecule has 1 aliphatic heterocycles. The molecule has 1 aromatic carbocycles. The van der Waals surface area contributed by atoms with E-state index in [4.69, 9.17) is 13.7 Å². The van der Waals surface area contributed by atoms with Gasteiger partial charge in [0.25, 0.3) is 0 Å². The smallest absolute Gasteiger partial charge is 0.309 e. The van der Waals surface area contributed by atoms with E-state index in [0.717, 1.165) is 25.7 Å². The van der Waals surface area contributed by atoms with Crippen molar-refractivity contribution in [2.24, 2.45) is 16.7 Å². The summed E-state index contributed by atoms with van der Waals surface area (Å²) in [6.45, 7) is 6.45. The monoisotopic (exact) mass is 406 g/mol. The third-order valence-electron chi connectivity index (χ3n) is 7.07. The molecular formula is C22H30O5S. The topological polar surface area (TPSA) is 61.8 Å². The SMILES string of the molecule is CCC/C=C/[C@@H]1O[C@@H]2[C@H]3CC[C@@](CS(=O)(=O)Oc4ccccc4)([C@@H]2O1)C3(C)C. The number of hydrogen-bond donors (Lipinski definition) is 0. The highest BCUT2D eigenvalue weighted by Crippen LogP contribution is 2.69. The van der Waals surface area contributed by atoms with Crippen LogP contribution in [0, 0.1) is 16.7 Å². The summed E-state index contributed by atoms with van der Waals surface area (Å²) in [5, 5.41) is 0. The van der Waals surface area contributed by atoms with Gasteiger partial charge >= 0.3 is 10.1 Å². The van der Waals surface area contributed by atoms with Gasteiger partial charge in [-0.2, -0.15) is 8.42 Å². The van der Waals surface area contributed by atoms with E-state index < -0.39 is 15.5 Å². The predicted molar refractivity (Wildman–Crippen MR) is 107 cm³/mol. The average molecular weight is 407 g/mol. The van der Waals surface area contributed by atoms with Crippen LogP contribution in [0.15, 0.2) is 42.5 Å². The Morgan fingerprint density at radius 3 is 2.68 bits per heavy atom. The van der Waals surface area contributed by atoms with Crippen molar-refractivity contribution in [2.75, 3.05) is 5.75 Å². The Bertz CT molecular complexity index is 832. The molecule has 0 aromatic heterocycles. The molecule has 3 fully saturated rings. The largest absolute Gasteiger partial charge is 0.382 e. The predicted octanol–water partition coefficient (Wildman–Crippen LogP) is 4.30. The Morgan fingerprint density at radius 1 is 1.21 bits per heavy atom. The van der Waals surface area contributed by atoms with E-state index in [1.165, 1.54) is 0 Å². The highest BCUT2D eigenvalue weighted by molar-refractivity contribution is 7.87. The number of para-hydroxylation sites is 1. The number of ether oxygens (including phenoxy) is 2. The average Bonchev–Trinajstić information content (AvgIpc) is 3.20. The summed E-state index contributed by atoms with van der Waals surface area (Å²) in [6.07, 6.45) is 7.25. The fraction of sp³-hybridized carbons (Fsp3) is 0.636. The lowest BCUT2D eigenvalue weighted by atomic mass is 9.69. The van der Waals surface area contributed by atoms with E-state index in [1.54, 1.807) is 24.3 Å². The van der Waals surface area contributed by atoms with E-state index in [0.29, 0.717) is 11.7 Å². The molecule has 0 N–H and O–H groups in total. The molecule has 0 radical (unpaired) electrons. The standard InChI is InChI=1S/C22H30O5S/c1-4-5-7-12-18-25-19-17-13-14-22(20(19)26-18,21(17,2)3)15-28(23,24)27-16-10-8-6-9-11-16/h6-12,17-20H,4-5,13-15H2,1-3H3/b12-7+/t17-,18-,19-,20-,22-/m1/s1. The highest BCUT2D eigenvalue weighted by Gasteiger charge is 2.73. The molecule has 2 bridgehead atoms. The summed E-state index contributed by atoms with van der Waals surface area (Å²) in [7, 11) is -3.76. The van der Waals surface area contributed by atoms with Crippen molar-refractivity contribution in [3.05, 3.63) is 42.5 Å². The summed E-state index contributed by atoms with van der Waals surface area (Å²) in [5.41, 5.74) is -0.684. The van der Waals surface area contributed by atoms with Gasteiger partial charge in [0, 0.05) is 5.41 Å². The normalized spacial score (nSPS) is 36.1. The van der Waals surface area contributed by atoms with Gasteiger partial charge in [0.2, 0.25) is 0 Å². The minimum Gasteiger partial charge on any atom is -0.382 e. The van der Waals surface area contributed by atoms with Crippen LogP contribution in [0.4, 0.5) is 0 Å². The number of allylic oxidation sites excluding steroid dienone is 1. The summed E-state index contributed by atoms with van der Waals surface area (Å²) in [5.74, 6) is 0.604. The number of fused-ring (bicyclic) bond motifs is 5. The van der Waals surface area contributed by atoms with Gasteiger partial charge in [-0.1, -0.05) is 51.5 Å². The molecule has 154 valence electrons. The fourth-order valence-corrected chi connectivity index (χ4v) is 7.33. The first-order chi connectivity index (χ1) is 13.3. The van der Waals surface area contributed by atoms with Crippen LogP contribution >= 0.6 is 0 Å². The van der Waals surface area contributed by atoms with Crippen LogP contribution in [0.25, 0.3) is 0 Å². The molecule has 0 spiro atoms. The lowest BCUT2D eigenvalue weighted by Gasteiger charge is -2.40. The van der Waals surface area contributed by atoms with E-state index in [-0.39, 0.29) is 29.7 Å². The second kappa shape index (κ2) is 7.15. The Morgan fingerprint density at radius 2 is 1.96 bits per heavy atom. The third kappa shape index (κ3) is 3.19. The van der Waals surface area contributed by atoms with Crippen molar-refractivity contribution in [3.8, 4) is 5.75 Å². The van der Waals surface area contributed by atoms with Crippen LogP contribution in [0.3, 0.4) is 0 Å². The van der Waals surface area contributed by atoms with E-state index >= 15 is 0 Å². The van der Waals surface area contributed by atoms with E-state index in [9.17, 15) is 8.42 Å². The zero-order chi connectivity index (χ0) is 20.0. The zero-order valence-corrected chi connectivity index (χ0v) is 17.7. The highest BCUT2D eigenvalue weighted by atomic mass is 32.2. The van der Waals surface area contributed by atoms with E-state index in [2.05, 4.69) is 26.8 Å². The van der Waals surface area contributed by atoms with Crippen LogP contribution < -0.4 is 4.18 Å². The molecule has 5 atom stereocenters. The van der Waals surface area contributed by atoms with Crippen molar-refractivity contribution in [2.45, 2.75) is 65.0 Å². The van der Waals surface area contributed by atoms with Gasteiger partial charge < -0.3 is 13.7 Å². The molecule has 4 rings (SSSR count). The van der Waals surface area contributed by atoms with E-state index in [1.807, 2.05) is 12.1 Å². The minimum atomic E-state index is -3.76. The third-order valence-corrected chi connectivity index (χ3v) is 8.39. The molecule has 6 heteroatoms. The first-order valence-corrected chi connectivity index (χ1v) is 11.8. The molecule has 3 aliphatic rings. The number of unbranched alkanes of at least 4 members (excludes halogenated alkanes) is 1. The molecule has 1 heterocycles. The molecule has 1 aromatic rings. The maximum absolute atomic E-state index is 13.0. The second-order valence-corrected chi connectivity index (χ2v) is 10.4. The Labute approximate surface area is 168 Å². The Kier molecular flexibility index (Phi) is 5.09. The van der Waals surface area contributed by atoms with Crippen molar-refractivity contribution in [1.82, 2.24) is 0 Å². The molecule has 1 saturated heterocycles. The molecule has 0 unspecified atom stereocenters. The minimum absolute atomic E-state index is 0.0473. The molecular weight excluding hydrogens is 376 g/mol. The zero-order valence-electron chi connectivity index (χ0n) is 16.8. The molecule has 28 heavy (non-hydrogen) atoms. The molecule has 2 aliphatic carbocycles. The molecule has 2 saturated carbocycles. The lowest BCUT2D eigenvalue weighted by molar-refractivity contribution is -0.0843. The van der Waals surface area contributed by atoms with Gasteiger partial charge in [-0.3, -0.25) is 0 Å². The molecule has 5 nitrogen and oxygen atoms in total. The van der Waals surface area contributed by atoms with Crippen LogP contribution in [-0.2, 0) is 19.6 Å². The van der Waals surface area contributed by atoms with Crippen molar-refractivity contribution >= 4 is 10.1 Å². The van der Waals surface area contributed by atoms with Crippen LogP contribution in [0.5, 0.6) is 5.75 Å². The van der Waals surface area contributed by atoms with Crippen molar-refractivity contribution in [3.63, 3.8) is 0 Å².